The van der Waals surface area contributed by atoms with Crippen molar-refractivity contribution in [3.63, 3.8) is 0 Å². The predicted molar refractivity (Wildman–Crippen MR) is 141 cm³/mol. The molecular weight excluding hydrogens is 597 g/mol. The normalized spacial score (nSPS) is 15.2. The van der Waals surface area contributed by atoms with E-state index in [1.165, 1.54) is 24.3 Å². The van der Waals surface area contributed by atoms with Crippen LogP contribution in [-0.4, -0.2) is 24.5 Å². The number of halogens is 3. The second-order valence-corrected chi connectivity index (χ2v) is 11.8. The fraction of sp³-hybridized carbons (Fsp3) is 0.0833. The Labute approximate surface area is 225 Å². The van der Waals surface area contributed by atoms with Gasteiger partial charge in [-0.05, 0) is 72.8 Å². The molecule has 2 amide bonds. The maximum Gasteiger partial charge on any atom is 0.339 e. The molecule has 0 radical (unpaired) electrons. The molecule has 11 heteroatoms. The molecule has 0 unspecified atom stereocenters. The zero-order valence-electron chi connectivity index (χ0n) is 18.0. The average Bonchev–Trinajstić information content (AvgIpc) is 3.05. The van der Waals surface area contributed by atoms with Crippen LogP contribution >= 0.6 is 50.9 Å². The Morgan fingerprint density at radius 1 is 1.00 bits per heavy atom. The Morgan fingerprint density at radius 2 is 1.71 bits per heavy atom. The average molecular weight is 613 g/mol. The summed E-state index contributed by atoms with van der Waals surface area (Å²) >= 11 is 16.1. The van der Waals surface area contributed by atoms with Gasteiger partial charge in [-0.25, -0.2) is 0 Å². The Bertz CT molecular complexity index is 1470. The highest BCUT2D eigenvalue weighted by Gasteiger charge is 2.35. The number of benzene rings is 3. The lowest BCUT2D eigenvalue weighted by Crippen LogP contribution is -2.27. The van der Waals surface area contributed by atoms with Gasteiger partial charge in [0.15, 0.2) is 0 Å². The largest absolute Gasteiger partial charge is 0.378 e. The van der Waals surface area contributed by atoms with Gasteiger partial charge < -0.3 is 4.18 Å². The van der Waals surface area contributed by atoms with E-state index in [9.17, 15) is 18.0 Å². The Morgan fingerprint density at radius 3 is 2.40 bits per heavy atom. The van der Waals surface area contributed by atoms with E-state index >= 15 is 0 Å². The van der Waals surface area contributed by atoms with Crippen LogP contribution < -0.4 is 4.18 Å². The molecule has 0 bridgehead atoms. The van der Waals surface area contributed by atoms with E-state index in [4.69, 9.17) is 27.4 Å². The first-order valence-corrected chi connectivity index (χ1v) is 13.8. The van der Waals surface area contributed by atoms with E-state index < -0.39 is 21.3 Å². The first-order valence-electron chi connectivity index (χ1n) is 10.0. The minimum absolute atomic E-state index is 0.00100. The number of amides is 2. The Kier molecular flexibility index (Phi) is 7.63. The maximum atomic E-state index is 13.0. The number of aryl methyl sites for hydroxylation is 1. The van der Waals surface area contributed by atoms with Crippen molar-refractivity contribution in [3.8, 4) is 5.75 Å². The Hall–Kier alpha value is -2.30. The van der Waals surface area contributed by atoms with Crippen LogP contribution in [0.15, 0.2) is 74.9 Å². The second-order valence-electron chi connectivity index (χ2n) is 7.55. The van der Waals surface area contributed by atoms with Crippen LogP contribution in [0.4, 0.5) is 4.79 Å². The first kappa shape index (κ1) is 25.8. The summed E-state index contributed by atoms with van der Waals surface area (Å²) in [5.74, 6) is -0.497. The fourth-order valence-corrected chi connectivity index (χ4v) is 5.66. The second kappa shape index (κ2) is 10.4. The molecule has 1 aliphatic rings. The molecule has 1 aliphatic heterocycles. The fourth-order valence-electron chi connectivity index (χ4n) is 3.18. The summed E-state index contributed by atoms with van der Waals surface area (Å²) in [6, 6.07) is 15.8. The van der Waals surface area contributed by atoms with Crippen LogP contribution in [0.1, 0.15) is 16.7 Å². The van der Waals surface area contributed by atoms with Crippen LogP contribution in [0.25, 0.3) is 6.08 Å². The molecule has 35 heavy (non-hydrogen) atoms. The zero-order chi connectivity index (χ0) is 25.3. The Balaban J connectivity index is 1.62. The summed E-state index contributed by atoms with van der Waals surface area (Å²) in [6.07, 6.45) is 1.44. The zero-order valence-corrected chi connectivity index (χ0v) is 22.7. The van der Waals surface area contributed by atoms with Gasteiger partial charge in [-0.2, -0.15) is 8.42 Å². The molecule has 0 aliphatic carbocycles. The predicted octanol–water partition coefficient (Wildman–Crippen LogP) is 7.07. The van der Waals surface area contributed by atoms with Crippen molar-refractivity contribution in [3.05, 3.63) is 96.8 Å². The van der Waals surface area contributed by atoms with E-state index in [2.05, 4.69) is 15.9 Å². The summed E-state index contributed by atoms with van der Waals surface area (Å²) < 4.78 is 31.6. The van der Waals surface area contributed by atoms with Gasteiger partial charge in [0, 0.05) is 10.0 Å². The van der Waals surface area contributed by atoms with Crippen molar-refractivity contribution in [2.75, 3.05) is 0 Å². The van der Waals surface area contributed by atoms with Gasteiger partial charge >= 0.3 is 10.1 Å². The smallest absolute Gasteiger partial charge is 0.339 e. The third kappa shape index (κ3) is 5.92. The molecule has 4 rings (SSSR count). The molecule has 0 N–H and O–H groups in total. The SMILES string of the molecule is Cc1ccc(S(=O)(=O)Oc2ccc(Br)cc2/C=C2\SC(=O)N(Cc3ccc(Cl)c(Cl)c3)C2=O)cc1. The minimum atomic E-state index is -4.12. The lowest BCUT2D eigenvalue weighted by atomic mass is 10.2. The van der Waals surface area contributed by atoms with E-state index in [0.717, 1.165) is 22.2 Å². The molecule has 0 spiro atoms. The summed E-state index contributed by atoms with van der Waals surface area (Å²) in [5, 5.41) is 0.224. The maximum absolute atomic E-state index is 13.0. The molecular formula is C24H16BrCl2NO5S2. The third-order valence-corrected chi connectivity index (χ3v) is 8.35. The van der Waals surface area contributed by atoms with Crippen LogP contribution in [0, 0.1) is 6.92 Å². The van der Waals surface area contributed by atoms with Crippen molar-refractivity contribution in [2.45, 2.75) is 18.4 Å². The lowest BCUT2D eigenvalue weighted by molar-refractivity contribution is -0.123. The quantitative estimate of drug-likeness (QED) is 0.219. The highest BCUT2D eigenvalue weighted by atomic mass is 79.9. The van der Waals surface area contributed by atoms with Gasteiger partial charge in [0.1, 0.15) is 10.6 Å². The number of carbonyl (C=O) groups excluding carboxylic acids is 2. The van der Waals surface area contributed by atoms with E-state index in [1.807, 2.05) is 6.92 Å². The number of hydrogen-bond donors (Lipinski definition) is 0. The van der Waals surface area contributed by atoms with E-state index in [1.54, 1.807) is 42.5 Å². The van der Waals surface area contributed by atoms with Gasteiger partial charge in [-0.3, -0.25) is 14.5 Å². The van der Waals surface area contributed by atoms with Gasteiger partial charge in [-0.1, -0.05) is 62.9 Å². The first-order chi connectivity index (χ1) is 16.5. The topological polar surface area (TPSA) is 80.8 Å². The number of thioether (sulfide) groups is 1. The molecule has 6 nitrogen and oxygen atoms in total. The van der Waals surface area contributed by atoms with Crippen molar-refractivity contribution in [2.24, 2.45) is 0 Å². The number of carbonyl (C=O) groups is 2. The van der Waals surface area contributed by atoms with Crippen molar-refractivity contribution < 1.29 is 22.2 Å². The van der Waals surface area contributed by atoms with Gasteiger partial charge in [0.05, 0.1) is 21.5 Å². The van der Waals surface area contributed by atoms with Crippen molar-refractivity contribution >= 4 is 78.2 Å². The molecule has 1 fully saturated rings. The number of nitrogens with zero attached hydrogens (tertiary/aromatic N) is 1. The summed E-state index contributed by atoms with van der Waals surface area (Å²) in [4.78, 5) is 26.8. The van der Waals surface area contributed by atoms with Crippen molar-refractivity contribution in [1.29, 1.82) is 0 Å². The standard InChI is InChI=1S/C24H16BrCl2NO5S2/c1-14-2-6-18(7-3-14)35(31,32)33-21-9-5-17(25)11-16(21)12-22-23(29)28(24(30)34-22)13-15-4-8-19(26)20(27)10-15/h2-12H,13H2,1H3/b22-12-. The van der Waals surface area contributed by atoms with Gasteiger partial charge in [0.25, 0.3) is 11.1 Å². The molecule has 1 heterocycles. The monoisotopic (exact) mass is 611 g/mol. The molecule has 3 aromatic carbocycles. The van der Waals surface area contributed by atoms with Crippen LogP contribution in [-0.2, 0) is 21.5 Å². The van der Waals surface area contributed by atoms with E-state index in [-0.39, 0.29) is 22.1 Å². The molecule has 1 saturated heterocycles. The van der Waals surface area contributed by atoms with E-state index in [0.29, 0.717) is 25.6 Å². The van der Waals surface area contributed by atoms with Crippen LogP contribution in [0.2, 0.25) is 10.0 Å². The van der Waals surface area contributed by atoms with Gasteiger partial charge in [0.2, 0.25) is 0 Å². The highest BCUT2D eigenvalue weighted by Crippen LogP contribution is 2.36. The van der Waals surface area contributed by atoms with Crippen molar-refractivity contribution in [1.82, 2.24) is 4.90 Å². The summed E-state index contributed by atoms with van der Waals surface area (Å²) in [5.41, 5.74) is 1.86. The molecule has 0 atom stereocenters. The summed E-state index contributed by atoms with van der Waals surface area (Å²) in [6.45, 7) is 1.86. The number of rotatable bonds is 6. The molecule has 0 saturated carbocycles. The summed E-state index contributed by atoms with van der Waals surface area (Å²) in [7, 11) is -4.12. The number of hydrogen-bond acceptors (Lipinski definition) is 6. The molecule has 0 aromatic heterocycles. The molecule has 3 aromatic rings. The van der Waals surface area contributed by atoms with Crippen LogP contribution in [0.5, 0.6) is 5.75 Å². The molecule has 180 valence electrons. The van der Waals surface area contributed by atoms with Crippen LogP contribution in [0.3, 0.4) is 0 Å². The highest BCUT2D eigenvalue weighted by molar-refractivity contribution is 9.10. The van der Waals surface area contributed by atoms with Gasteiger partial charge in [-0.15, -0.1) is 0 Å². The number of imide groups is 1. The lowest BCUT2D eigenvalue weighted by Gasteiger charge is -2.13. The third-order valence-electron chi connectivity index (χ3n) is 4.97. The minimum Gasteiger partial charge on any atom is -0.378 e.